The quantitative estimate of drug-likeness (QED) is 0.479. The van der Waals surface area contributed by atoms with Crippen molar-refractivity contribution in [2.75, 3.05) is 43.8 Å². The van der Waals surface area contributed by atoms with Gasteiger partial charge in [-0.1, -0.05) is 6.07 Å². The van der Waals surface area contributed by atoms with Crippen molar-refractivity contribution >= 4 is 17.5 Å². The number of nitrogens with one attached hydrogen (secondary N) is 1. The Bertz CT molecular complexity index is 1230. The highest BCUT2D eigenvalue weighted by atomic mass is 16.7. The van der Waals surface area contributed by atoms with Gasteiger partial charge in [0, 0.05) is 51.3 Å². The van der Waals surface area contributed by atoms with Gasteiger partial charge in [-0.15, -0.1) is 0 Å². The first-order valence-electron chi connectivity index (χ1n) is 11.7. The summed E-state index contributed by atoms with van der Waals surface area (Å²) in [5, 5.41) is 17.4. The molecule has 1 atom stereocenters. The topological polar surface area (TPSA) is 111 Å². The molecular weight excluding hydrogens is 450 g/mol. The Morgan fingerprint density at radius 2 is 2.03 bits per heavy atom. The van der Waals surface area contributed by atoms with E-state index in [0.717, 1.165) is 41.5 Å². The number of carbonyl (C=O) groups is 1. The number of aromatic nitrogens is 3. The van der Waals surface area contributed by atoms with E-state index in [1.807, 2.05) is 37.4 Å². The molecule has 10 heteroatoms. The minimum absolute atomic E-state index is 0.0143. The van der Waals surface area contributed by atoms with Crippen molar-refractivity contribution in [3.05, 3.63) is 53.3 Å². The molecule has 0 spiro atoms. The van der Waals surface area contributed by atoms with Gasteiger partial charge >= 0.3 is 5.97 Å². The molecule has 5 rings (SSSR count). The number of hydrogen-bond acceptors (Lipinski definition) is 8. The molecular formula is C25H29N5O5. The molecule has 10 nitrogen and oxygen atoms in total. The minimum Gasteiger partial charge on any atom is -0.481 e. The summed E-state index contributed by atoms with van der Waals surface area (Å²) in [7, 11) is 3.89. The van der Waals surface area contributed by atoms with E-state index in [9.17, 15) is 9.90 Å². The van der Waals surface area contributed by atoms with Gasteiger partial charge in [0.25, 0.3) is 0 Å². The van der Waals surface area contributed by atoms with Crippen LogP contribution < -0.4 is 24.4 Å². The normalized spacial score (nSPS) is 14.9. The zero-order chi connectivity index (χ0) is 24.4. The summed E-state index contributed by atoms with van der Waals surface area (Å²) in [5.74, 6) is 1.74. The molecule has 0 aliphatic carbocycles. The van der Waals surface area contributed by atoms with Crippen LogP contribution in [0.3, 0.4) is 0 Å². The number of carboxylic acid groups (broad SMARTS) is 1. The van der Waals surface area contributed by atoms with Gasteiger partial charge < -0.3 is 29.5 Å². The van der Waals surface area contributed by atoms with Crippen LogP contribution in [0.15, 0.2) is 36.4 Å². The van der Waals surface area contributed by atoms with Crippen LogP contribution in [-0.2, 0) is 24.7 Å². The first-order chi connectivity index (χ1) is 17.0. The maximum atomic E-state index is 11.5. The summed E-state index contributed by atoms with van der Waals surface area (Å²) in [4.78, 5) is 18.5. The van der Waals surface area contributed by atoms with Crippen molar-refractivity contribution in [1.29, 1.82) is 0 Å². The summed E-state index contributed by atoms with van der Waals surface area (Å²) < 4.78 is 18.5. The molecule has 1 aromatic carbocycles. The van der Waals surface area contributed by atoms with Gasteiger partial charge in [-0.2, -0.15) is 5.10 Å². The van der Waals surface area contributed by atoms with Crippen molar-refractivity contribution in [3.8, 4) is 17.4 Å². The van der Waals surface area contributed by atoms with Crippen LogP contribution in [0, 0.1) is 0 Å². The summed E-state index contributed by atoms with van der Waals surface area (Å²) in [6, 6.07) is 11.6. The highest BCUT2D eigenvalue weighted by Gasteiger charge is 2.22. The fourth-order valence-corrected chi connectivity index (χ4v) is 4.47. The van der Waals surface area contributed by atoms with Gasteiger partial charge in [-0.3, -0.25) is 4.79 Å². The van der Waals surface area contributed by atoms with Crippen molar-refractivity contribution in [1.82, 2.24) is 14.8 Å². The lowest BCUT2D eigenvalue weighted by Crippen LogP contribution is -2.31. The van der Waals surface area contributed by atoms with Crippen LogP contribution in [0.2, 0.25) is 0 Å². The number of hydrogen-bond donors (Lipinski definition) is 2. The average Bonchev–Trinajstić information content (AvgIpc) is 3.44. The van der Waals surface area contributed by atoms with Crippen molar-refractivity contribution < 1.29 is 24.1 Å². The number of nitrogens with zero attached hydrogens (tertiary/aromatic N) is 4. The summed E-state index contributed by atoms with van der Waals surface area (Å²) in [6.07, 6.45) is 1.12. The second kappa shape index (κ2) is 9.73. The maximum Gasteiger partial charge on any atom is 0.303 e. The number of benzene rings is 1. The number of carboxylic acids is 1. The third kappa shape index (κ3) is 5.11. The van der Waals surface area contributed by atoms with Gasteiger partial charge in [-0.05, 0) is 36.2 Å². The van der Waals surface area contributed by atoms with E-state index >= 15 is 0 Å². The fraction of sp³-hybridized carbons (Fsp3) is 0.400. The molecule has 1 unspecified atom stereocenters. The SMILES string of the molecule is CN1CCNc2nc(CCOc3cc(CC(CC(=O)O)c4ccc5c(c4)OCO5)nn3C)ccc21. The third-order valence-corrected chi connectivity index (χ3v) is 6.32. The second-order valence-corrected chi connectivity index (χ2v) is 8.83. The van der Waals surface area contributed by atoms with Gasteiger partial charge in [0.05, 0.1) is 24.4 Å². The molecule has 0 saturated heterocycles. The third-order valence-electron chi connectivity index (χ3n) is 6.32. The number of pyridine rings is 1. The lowest BCUT2D eigenvalue weighted by atomic mass is 9.91. The maximum absolute atomic E-state index is 11.5. The van der Waals surface area contributed by atoms with Gasteiger partial charge in [0.15, 0.2) is 11.5 Å². The minimum atomic E-state index is -0.863. The van der Waals surface area contributed by atoms with E-state index in [4.69, 9.17) is 19.2 Å². The van der Waals surface area contributed by atoms with E-state index in [0.29, 0.717) is 36.8 Å². The number of aliphatic carboxylic acids is 1. The molecule has 4 heterocycles. The van der Waals surface area contributed by atoms with E-state index in [2.05, 4.69) is 28.4 Å². The van der Waals surface area contributed by atoms with Crippen LogP contribution in [0.4, 0.5) is 11.5 Å². The smallest absolute Gasteiger partial charge is 0.303 e. The molecule has 0 fully saturated rings. The number of aryl methyl sites for hydroxylation is 1. The van der Waals surface area contributed by atoms with E-state index in [-0.39, 0.29) is 19.1 Å². The summed E-state index contributed by atoms with van der Waals surface area (Å²) >= 11 is 0. The van der Waals surface area contributed by atoms with Crippen LogP contribution >= 0.6 is 0 Å². The zero-order valence-corrected chi connectivity index (χ0v) is 19.9. The molecule has 2 aliphatic rings. The fourth-order valence-electron chi connectivity index (χ4n) is 4.47. The van der Waals surface area contributed by atoms with Gasteiger partial charge in [0.1, 0.15) is 5.82 Å². The van der Waals surface area contributed by atoms with Gasteiger partial charge in [0.2, 0.25) is 12.7 Å². The van der Waals surface area contributed by atoms with Crippen LogP contribution in [0.5, 0.6) is 17.4 Å². The van der Waals surface area contributed by atoms with Gasteiger partial charge in [-0.25, -0.2) is 9.67 Å². The Balaban J connectivity index is 1.23. The summed E-state index contributed by atoms with van der Waals surface area (Å²) in [6.45, 7) is 2.48. The van der Waals surface area contributed by atoms with E-state index < -0.39 is 5.97 Å². The predicted molar refractivity (Wildman–Crippen MR) is 130 cm³/mol. The number of anilines is 2. The molecule has 184 valence electrons. The lowest BCUT2D eigenvalue weighted by Gasteiger charge is -2.27. The lowest BCUT2D eigenvalue weighted by molar-refractivity contribution is -0.137. The Morgan fingerprint density at radius 1 is 1.17 bits per heavy atom. The monoisotopic (exact) mass is 479 g/mol. The molecule has 2 aromatic heterocycles. The number of ether oxygens (including phenoxy) is 3. The zero-order valence-electron chi connectivity index (χ0n) is 19.9. The number of rotatable bonds is 9. The Labute approximate surface area is 203 Å². The van der Waals surface area contributed by atoms with E-state index in [1.54, 1.807) is 4.68 Å². The molecule has 0 saturated carbocycles. The second-order valence-electron chi connectivity index (χ2n) is 8.83. The number of likely N-dealkylation sites (N-methyl/N-ethyl adjacent to an activating group) is 1. The van der Waals surface area contributed by atoms with Crippen LogP contribution in [-0.4, -0.2) is 59.4 Å². The average molecular weight is 480 g/mol. The molecule has 2 aliphatic heterocycles. The van der Waals surface area contributed by atoms with E-state index in [1.165, 1.54) is 0 Å². The van der Waals surface area contributed by atoms with Crippen molar-refractivity contribution in [2.45, 2.75) is 25.2 Å². The Hall–Kier alpha value is -3.95. The standard InChI is InChI=1S/C25H29N5O5/c1-29-9-8-26-25-20(29)5-4-18(27-25)7-10-33-23-14-19(28-30(23)2)11-17(13-24(31)32)16-3-6-21-22(12-16)35-15-34-21/h3-6,12,14,17H,7-11,13,15H2,1-2H3,(H,26,27)(H,31,32). The van der Waals surface area contributed by atoms with Crippen LogP contribution in [0.1, 0.15) is 29.3 Å². The first kappa shape index (κ1) is 22.8. The van der Waals surface area contributed by atoms with Crippen molar-refractivity contribution in [2.24, 2.45) is 7.05 Å². The highest BCUT2D eigenvalue weighted by molar-refractivity contribution is 5.68. The first-order valence-corrected chi connectivity index (χ1v) is 11.7. The molecule has 0 radical (unpaired) electrons. The summed E-state index contributed by atoms with van der Waals surface area (Å²) in [5.41, 5.74) is 3.71. The highest BCUT2D eigenvalue weighted by Crippen LogP contribution is 2.36. The molecule has 35 heavy (non-hydrogen) atoms. The molecule has 0 bridgehead atoms. The Kier molecular flexibility index (Phi) is 6.35. The molecule has 0 amide bonds. The van der Waals surface area contributed by atoms with Crippen molar-refractivity contribution in [3.63, 3.8) is 0 Å². The molecule has 2 N–H and O–H groups in total. The van der Waals surface area contributed by atoms with Crippen LogP contribution in [0.25, 0.3) is 0 Å². The largest absolute Gasteiger partial charge is 0.481 e. The molecule has 3 aromatic rings. The predicted octanol–water partition coefficient (Wildman–Crippen LogP) is 2.83. The Morgan fingerprint density at radius 3 is 2.89 bits per heavy atom. The number of fused-ring (bicyclic) bond motifs is 2.